The molecule has 0 atom stereocenters. The van der Waals surface area contributed by atoms with Gasteiger partial charge in [-0.15, -0.1) is 0 Å². The van der Waals surface area contributed by atoms with Gasteiger partial charge < -0.3 is 4.74 Å². The van der Waals surface area contributed by atoms with Gasteiger partial charge in [0.25, 0.3) is 0 Å². The maximum Gasteiger partial charge on any atom is 0.343 e. The number of benzene rings is 4. The van der Waals surface area contributed by atoms with E-state index in [9.17, 15) is 4.79 Å². The summed E-state index contributed by atoms with van der Waals surface area (Å²) < 4.78 is 5.47. The van der Waals surface area contributed by atoms with E-state index in [2.05, 4.69) is 35.5 Å². The number of nitrogens with zero attached hydrogens (tertiary/aromatic N) is 4. The van der Waals surface area contributed by atoms with E-state index in [1.165, 1.54) is 0 Å². The fourth-order valence-corrected chi connectivity index (χ4v) is 3.56. The summed E-state index contributed by atoms with van der Waals surface area (Å²) in [4.78, 5) is 32.2. The number of rotatable bonds is 7. The first-order valence-corrected chi connectivity index (χ1v) is 12.2. The van der Waals surface area contributed by atoms with Gasteiger partial charge in [0.1, 0.15) is 5.75 Å². The highest BCUT2D eigenvalue weighted by molar-refractivity contribution is 5.91. The number of esters is 1. The molecule has 3 N–H and O–H groups in total. The lowest BCUT2D eigenvalue weighted by molar-refractivity contribution is 0.0734. The van der Waals surface area contributed by atoms with E-state index in [-0.39, 0.29) is 0 Å². The number of anilines is 1. The lowest BCUT2D eigenvalue weighted by Crippen LogP contribution is -2.28. The van der Waals surface area contributed by atoms with Crippen LogP contribution >= 0.6 is 0 Å². The summed E-state index contributed by atoms with van der Waals surface area (Å²) in [7, 11) is 0. The monoisotopic (exact) mass is 515 g/mol. The molecule has 0 aliphatic heterocycles. The summed E-state index contributed by atoms with van der Waals surface area (Å²) in [6, 6.07) is 33.3. The van der Waals surface area contributed by atoms with Crippen molar-refractivity contribution in [3.63, 3.8) is 0 Å². The van der Waals surface area contributed by atoms with Gasteiger partial charge >= 0.3 is 5.97 Å². The number of aromatic nitrogens is 3. The number of nitrogens with one attached hydrogen (secondary N) is 3. The van der Waals surface area contributed by atoms with E-state index in [1.807, 2.05) is 79.7 Å². The third kappa shape index (κ3) is 7.23. The number of aromatic amines is 2. The largest absolute Gasteiger partial charge is 0.423 e. The molecule has 1 aromatic heterocycles. The van der Waals surface area contributed by atoms with Gasteiger partial charge in [0.2, 0.25) is 17.2 Å². The van der Waals surface area contributed by atoms with Crippen molar-refractivity contribution in [1.82, 2.24) is 15.0 Å². The number of H-pyrrole nitrogens is 2. The van der Waals surface area contributed by atoms with Crippen LogP contribution in [-0.2, 0) is 0 Å². The predicted molar refractivity (Wildman–Crippen MR) is 150 cm³/mol. The molecule has 5 rings (SSSR count). The average molecular weight is 516 g/mol. The molecule has 0 unspecified atom stereocenters. The van der Waals surface area contributed by atoms with Gasteiger partial charge in [0, 0.05) is 0 Å². The van der Waals surface area contributed by atoms with Crippen LogP contribution in [0.1, 0.15) is 21.5 Å². The smallest absolute Gasteiger partial charge is 0.343 e. The van der Waals surface area contributed by atoms with Crippen molar-refractivity contribution in [3.8, 4) is 5.75 Å². The quantitative estimate of drug-likeness (QED) is 0.120. The summed E-state index contributed by atoms with van der Waals surface area (Å²) in [6.45, 7) is 1.93. The Morgan fingerprint density at radius 3 is 2.21 bits per heavy atom. The average Bonchev–Trinajstić information content (AvgIpc) is 2.95. The first kappa shape index (κ1) is 25.1. The number of carbonyl (C=O) groups is 1. The van der Waals surface area contributed by atoms with Crippen LogP contribution in [0.2, 0.25) is 0 Å². The summed E-state index contributed by atoms with van der Waals surface area (Å²) in [5.74, 6) is 0.385. The second-order valence-corrected chi connectivity index (χ2v) is 8.48. The number of ether oxygens (including phenoxy) is 1. The highest BCUT2D eigenvalue weighted by Gasteiger charge is 2.08. The molecule has 0 bridgehead atoms. The Hall–Kier alpha value is -5.57. The fraction of sp³-hybridized carbons (Fsp3) is 0.0333. The van der Waals surface area contributed by atoms with Gasteiger partial charge in [-0.3, -0.25) is 9.97 Å². The summed E-state index contributed by atoms with van der Waals surface area (Å²) >= 11 is 0. The third-order valence-corrected chi connectivity index (χ3v) is 5.40. The van der Waals surface area contributed by atoms with Crippen molar-refractivity contribution < 1.29 is 9.53 Å². The molecule has 0 saturated carbocycles. The number of para-hydroxylation sites is 2. The van der Waals surface area contributed by atoms with Crippen molar-refractivity contribution in [2.45, 2.75) is 6.92 Å². The lowest BCUT2D eigenvalue weighted by Gasteiger charge is -2.05. The Morgan fingerprint density at radius 1 is 0.821 bits per heavy atom. The van der Waals surface area contributed by atoms with E-state index in [0.717, 1.165) is 22.5 Å². The maximum atomic E-state index is 12.4. The molecule has 9 nitrogen and oxygen atoms in total. The van der Waals surface area contributed by atoms with Crippen LogP contribution in [-0.4, -0.2) is 27.1 Å². The molecule has 0 aliphatic carbocycles. The number of hydrogen-bond donors (Lipinski definition) is 3. The second-order valence-electron chi connectivity index (χ2n) is 8.48. The van der Waals surface area contributed by atoms with Gasteiger partial charge in [-0.25, -0.2) is 20.2 Å². The maximum absolute atomic E-state index is 12.4. The van der Waals surface area contributed by atoms with Crippen LogP contribution in [0.3, 0.4) is 0 Å². The minimum atomic E-state index is -0.405. The molecule has 0 saturated heterocycles. The summed E-state index contributed by atoms with van der Waals surface area (Å²) in [6.07, 6.45) is 1.63. The Balaban J connectivity index is 1.33. The zero-order chi connectivity index (χ0) is 26.9. The Kier molecular flexibility index (Phi) is 7.79. The highest BCUT2D eigenvalue weighted by Crippen LogP contribution is 2.14. The van der Waals surface area contributed by atoms with E-state index in [0.29, 0.717) is 28.5 Å². The van der Waals surface area contributed by atoms with E-state index in [4.69, 9.17) is 4.74 Å². The molecule has 5 aromatic rings. The van der Waals surface area contributed by atoms with E-state index >= 15 is 0 Å². The first-order chi connectivity index (χ1) is 19.1. The molecule has 0 spiro atoms. The first-order valence-electron chi connectivity index (χ1n) is 12.2. The molecular formula is C30H25N7O2. The van der Waals surface area contributed by atoms with Crippen LogP contribution in [0.4, 0.5) is 17.3 Å². The molecule has 0 fully saturated rings. The van der Waals surface area contributed by atoms with Crippen LogP contribution in [0.25, 0.3) is 0 Å². The zero-order valence-electron chi connectivity index (χ0n) is 21.1. The van der Waals surface area contributed by atoms with Crippen LogP contribution in [0.15, 0.2) is 124 Å². The fourth-order valence-electron chi connectivity index (χ4n) is 3.56. The van der Waals surface area contributed by atoms with Gasteiger partial charge in [-0.05, 0) is 73.2 Å². The normalized spacial score (nSPS) is 12.0. The molecule has 0 aliphatic rings. The SMILES string of the molecule is Cc1cccc(C(=O)Oc2ccc(/C=N\Nc3nc(=Nc4ccccc4)[nH]c(=Nc4ccccc4)[nH]3)cc2)c1. The minimum absolute atomic E-state index is 0.345. The summed E-state index contributed by atoms with van der Waals surface area (Å²) in [5.41, 5.74) is 7.50. The molecule has 4 aromatic carbocycles. The van der Waals surface area contributed by atoms with Gasteiger partial charge in [-0.2, -0.15) is 10.1 Å². The van der Waals surface area contributed by atoms with Crippen molar-refractivity contribution in [2.24, 2.45) is 15.1 Å². The van der Waals surface area contributed by atoms with E-state index < -0.39 is 5.97 Å². The summed E-state index contributed by atoms with van der Waals surface area (Å²) in [5, 5.41) is 4.28. The standard InChI is InChI=1S/C30H25N7O2/c1-21-9-8-10-23(19-21)27(38)39-26-17-15-22(16-18-26)20-31-37-30-35-28(32-24-11-4-2-5-12-24)34-29(36-30)33-25-13-6-3-7-14-25/h2-20H,1H3,(H3,32,33,34,35,36,37)/b31-20-. The highest BCUT2D eigenvalue weighted by atomic mass is 16.5. The van der Waals surface area contributed by atoms with Crippen LogP contribution < -0.4 is 21.4 Å². The number of aryl methyl sites for hydroxylation is 1. The molecule has 9 heteroatoms. The van der Waals surface area contributed by atoms with Crippen molar-refractivity contribution in [1.29, 1.82) is 0 Å². The van der Waals surface area contributed by atoms with Crippen molar-refractivity contribution in [2.75, 3.05) is 5.43 Å². The molecule has 1 heterocycles. The molecule has 39 heavy (non-hydrogen) atoms. The van der Waals surface area contributed by atoms with Gasteiger partial charge in [-0.1, -0.05) is 54.1 Å². The molecule has 0 radical (unpaired) electrons. The van der Waals surface area contributed by atoms with Crippen LogP contribution in [0.5, 0.6) is 5.75 Å². The number of hydrogen-bond acceptors (Lipinski definition) is 7. The molecule has 0 amide bonds. The molecule has 192 valence electrons. The van der Waals surface area contributed by atoms with Crippen LogP contribution in [0, 0.1) is 6.92 Å². The van der Waals surface area contributed by atoms with Gasteiger partial charge in [0.15, 0.2) is 0 Å². The lowest BCUT2D eigenvalue weighted by atomic mass is 10.1. The van der Waals surface area contributed by atoms with Crippen molar-refractivity contribution >= 4 is 29.5 Å². The topological polar surface area (TPSA) is 120 Å². The molecular weight excluding hydrogens is 490 g/mol. The Morgan fingerprint density at radius 2 is 1.51 bits per heavy atom. The van der Waals surface area contributed by atoms with Crippen molar-refractivity contribution in [3.05, 3.63) is 137 Å². The minimum Gasteiger partial charge on any atom is -0.423 e. The van der Waals surface area contributed by atoms with E-state index in [1.54, 1.807) is 42.6 Å². The number of hydrazone groups is 1. The predicted octanol–water partition coefficient (Wildman–Crippen LogP) is 5.18. The second kappa shape index (κ2) is 12.1. The number of carbonyl (C=O) groups excluding carboxylic acids is 1. The zero-order valence-corrected chi connectivity index (χ0v) is 21.1. The Labute approximate surface area is 224 Å². The third-order valence-electron chi connectivity index (χ3n) is 5.40. The Bertz CT molecular complexity index is 1650. The van der Waals surface area contributed by atoms with Gasteiger partial charge in [0.05, 0.1) is 23.2 Å².